The Morgan fingerprint density at radius 3 is 2.25 bits per heavy atom. The van der Waals surface area contributed by atoms with Crippen LogP contribution in [0.1, 0.15) is 29.7 Å². The van der Waals surface area contributed by atoms with Gasteiger partial charge in [-0.15, -0.1) is 0 Å². The van der Waals surface area contributed by atoms with Crippen LogP contribution in [0.5, 0.6) is 0 Å². The first kappa shape index (κ1) is 12.5. The van der Waals surface area contributed by atoms with Gasteiger partial charge in [-0.1, -0.05) is 41.5 Å². The second-order valence-corrected chi connectivity index (χ2v) is 4.49. The van der Waals surface area contributed by atoms with E-state index in [-0.39, 0.29) is 11.8 Å². The Kier molecular flexibility index (Phi) is 3.28. The summed E-state index contributed by atoms with van der Waals surface area (Å²) >= 11 is 0. The van der Waals surface area contributed by atoms with Gasteiger partial charge in [-0.25, -0.2) is 0 Å². The third-order valence-corrected chi connectivity index (χ3v) is 3.05. The molecule has 0 aliphatic carbocycles. The highest BCUT2D eigenvalue weighted by molar-refractivity contribution is 5.36. The van der Waals surface area contributed by atoms with Crippen LogP contribution in [0, 0.1) is 6.92 Å². The number of rotatable bonds is 4. The Morgan fingerprint density at radius 2 is 1.60 bits per heavy atom. The van der Waals surface area contributed by atoms with E-state index >= 15 is 0 Å². The minimum absolute atomic E-state index is 0.265. The SMILES string of the molecule is CCc1noc(-c2nc(Cc3ccccc3C)no2)n1. The molecular formula is C14H14N4O2. The lowest BCUT2D eigenvalue weighted by Gasteiger charge is -2.00. The van der Waals surface area contributed by atoms with E-state index in [1.807, 2.05) is 25.1 Å². The van der Waals surface area contributed by atoms with Crippen LogP contribution in [0.2, 0.25) is 0 Å². The van der Waals surface area contributed by atoms with E-state index in [1.165, 1.54) is 11.1 Å². The number of benzene rings is 1. The van der Waals surface area contributed by atoms with E-state index in [4.69, 9.17) is 9.05 Å². The van der Waals surface area contributed by atoms with Crippen LogP contribution >= 0.6 is 0 Å². The molecule has 0 unspecified atom stereocenters. The minimum atomic E-state index is 0.265. The second-order valence-electron chi connectivity index (χ2n) is 4.49. The maximum Gasteiger partial charge on any atom is 0.316 e. The molecule has 1 aromatic carbocycles. The summed E-state index contributed by atoms with van der Waals surface area (Å²) in [6.07, 6.45) is 1.32. The molecule has 0 N–H and O–H groups in total. The summed E-state index contributed by atoms with van der Waals surface area (Å²) in [7, 11) is 0. The van der Waals surface area contributed by atoms with Gasteiger partial charge < -0.3 is 9.05 Å². The van der Waals surface area contributed by atoms with E-state index in [9.17, 15) is 0 Å². The van der Waals surface area contributed by atoms with Crippen molar-refractivity contribution in [1.82, 2.24) is 20.3 Å². The van der Waals surface area contributed by atoms with Gasteiger partial charge in [0.25, 0.3) is 0 Å². The Bertz CT molecular complexity index is 717. The van der Waals surface area contributed by atoms with Gasteiger partial charge >= 0.3 is 11.8 Å². The predicted molar refractivity (Wildman–Crippen MR) is 71.0 cm³/mol. The first-order valence-corrected chi connectivity index (χ1v) is 6.46. The topological polar surface area (TPSA) is 77.8 Å². The molecule has 2 aromatic heterocycles. The molecule has 0 saturated heterocycles. The molecule has 0 spiro atoms. The number of aryl methyl sites for hydroxylation is 2. The Balaban J connectivity index is 1.82. The standard InChI is InChI=1S/C14H14N4O2/c1-3-11-15-13(19-17-11)14-16-12(18-20-14)8-10-7-5-4-6-9(10)2/h4-7H,3,8H2,1-2H3. The van der Waals surface area contributed by atoms with Crippen molar-refractivity contribution in [3.05, 3.63) is 47.0 Å². The fourth-order valence-electron chi connectivity index (χ4n) is 1.88. The van der Waals surface area contributed by atoms with Gasteiger partial charge in [-0.05, 0) is 18.1 Å². The van der Waals surface area contributed by atoms with Crippen LogP contribution < -0.4 is 0 Å². The molecule has 3 aromatic rings. The molecule has 0 fully saturated rings. The molecule has 0 aliphatic heterocycles. The van der Waals surface area contributed by atoms with E-state index in [2.05, 4.69) is 33.3 Å². The lowest BCUT2D eigenvalue weighted by atomic mass is 10.1. The number of hydrogen-bond donors (Lipinski definition) is 0. The first-order valence-electron chi connectivity index (χ1n) is 6.46. The summed E-state index contributed by atoms with van der Waals surface area (Å²) < 4.78 is 10.2. The van der Waals surface area contributed by atoms with Gasteiger partial charge in [-0.2, -0.15) is 9.97 Å². The highest BCUT2D eigenvalue weighted by Crippen LogP contribution is 2.17. The summed E-state index contributed by atoms with van der Waals surface area (Å²) in [4.78, 5) is 8.45. The van der Waals surface area contributed by atoms with Crippen molar-refractivity contribution >= 4 is 0 Å². The molecular weight excluding hydrogens is 256 g/mol. The first-order chi connectivity index (χ1) is 9.76. The monoisotopic (exact) mass is 270 g/mol. The average Bonchev–Trinajstić information content (AvgIpc) is 3.10. The zero-order chi connectivity index (χ0) is 13.9. The summed E-state index contributed by atoms with van der Waals surface area (Å²) in [6.45, 7) is 4.01. The fourth-order valence-corrected chi connectivity index (χ4v) is 1.88. The number of aromatic nitrogens is 4. The van der Waals surface area contributed by atoms with Crippen LogP contribution in [0.4, 0.5) is 0 Å². The van der Waals surface area contributed by atoms with Crippen molar-refractivity contribution in [3.63, 3.8) is 0 Å². The zero-order valence-electron chi connectivity index (χ0n) is 11.3. The molecule has 0 saturated carbocycles. The van der Waals surface area contributed by atoms with Crippen LogP contribution in [-0.2, 0) is 12.8 Å². The summed E-state index contributed by atoms with van der Waals surface area (Å²) in [5.74, 6) is 1.76. The van der Waals surface area contributed by atoms with Gasteiger partial charge in [0.15, 0.2) is 11.6 Å². The lowest BCUT2D eigenvalue weighted by Crippen LogP contribution is -1.93. The third kappa shape index (κ3) is 2.45. The minimum Gasteiger partial charge on any atom is -0.329 e. The normalized spacial score (nSPS) is 10.9. The molecule has 3 rings (SSSR count). The van der Waals surface area contributed by atoms with Gasteiger partial charge in [0.1, 0.15) is 0 Å². The second kappa shape index (κ2) is 5.24. The largest absolute Gasteiger partial charge is 0.329 e. The molecule has 0 radical (unpaired) electrons. The van der Waals surface area contributed by atoms with Crippen molar-refractivity contribution in [2.75, 3.05) is 0 Å². The van der Waals surface area contributed by atoms with E-state index in [1.54, 1.807) is 0 Å². The molecule has 6 heteroatoms. The number of hydrogen-bond acceptors (Lipinski definition) is 6. The molecule has 102 valence electrons. The summed E-state index contributed by atoms with van der Waals surface area (Å²) in [5, 5.41) is 7.75. The van der Waals surface area contributed by atoms with Crippen molar-refractivity contribution < 1.29 is 9.05 Å². The predicted octanol–water partition coefficient (Wildman–Crippen LogP) is 2.58. The lowest BCUT2D eigenvalue weighted by molar-refractivity contribution is 0.377. The molecule has 0 amide bonds. The molecule has 6 nitrogen and oxygen atoms in total. The van der Waals surface area contributed by atoms with Crippen LogP contribution in [0.25, 0.3) is 11.8 Å². The Labute approximate surface area is 115 Å². The molecule has 0 bridgehead atoms. The van der Waals surface area contributed by atoms with Gasteiger partial charge in [0.05, 0.1) is 0 Å². The summed E-state index contributed by atoms with van der Waals surface area (Å²) in [5.41, 5.74) is 2.37. The molecule has 0 aliphatic rings. The highest BCUT2D eigenvalue weighted by atomic mass is 16.5. The van der Waals surface area contributed by atoms with E-state index in [0.717, 1.165) is 0 Å². The Morgan fingerprint density at radius 1 is 0.950 bits per heavy atom. The highest BCUT2D eigenvalue weighted by Gasteiger charge is 2.16. The molecule has 20 heavy (non-hydrogen) atoms. The molecule has 0 atom stereocenters. The maximum atomic E-state index is 5.16. The third-order valence-electron chi connectivity index (χ3n) is 3.05. The van der Waals surface area contributed by atoms with Crippen LogP contribution in [-0.4, -0.2) is 20.3 Å². The van der Waals surface area contributed by atoms with Crippen molar-refractivity contribution in [3.8, 4) is 11.8 Å². The smallest absolute Gasteiger partial charge is 0.316 e. The quantitative estimate of drug-likeness (QED) is 0.725. The van der Waals surface area contributed by atoms with Crippen LogP contribution in [0.15, 0.2) is 33.3 Å². The molecule has 2 heterocycles. The fraction of sp³-hybridized carbons (Fsp3) is 0.286. The van der Waals surface area contributed by atoms with Crippen LogP contribution in [0.3, 0.4) is 0 Å². The van der Waals surface area contributed by atoms with Crippen molar-refractivity contribution in [2.45, 2.75) is 26.7 Å². The van der Waals surface area contributed by atoms with Crippen molar-refractivity contribution in [2.24, 2.45) is 0 Å². The number of nitrogens with zero attached hydrogens (tertiary/aromatic N) is 4. The zero-order valence-corrected chi connectivity index (χ0v) is 11.3. The average molecular weight is 270 g/mol. The van der Waals surface area contributed by atoms with Gasteiger partial charge in [0, 0.05) is 12.8 Å². The Hall–Kier alpha value is -2.50. The van der Waals surface area contributed by atoms with Gasteiger partial charge in [0.2, 0.25) is 0 Å². The van der Waals surface area contributed by atoms with E-state index in [0.29, 0.717) is 24.5 Å². The van der Waals surface area contributed by atoms with Gasteiger partial charge in [-0.3, -0.25) is 0 Å². The summed E-state index contributed by atoms with van der Waals surface area (Å²) in [6, 6.07) is 8.11. The van der Waals surface area contributed by atoms with E-state index < -0.39 is 0 Å². The van der Waals surface area contributed by atoms with Crippen molar-refractivity contribution in [1.29, 1.82) is 0 Å². The maximum absolute atomic E-state index is 5.16.